The van der Waals surface area contributed by atoms with Crippen molar-refractivity contribution in [3.8, 4) is 0 Å². The molecule has 3 aliphatic heterocycles. The Labute approximate surface area is 213 Å². The fourth-order valence-electron chi connectivity index (χ4n) is 6.78. The summed E-state index contributed by atoms with van der Waals surface area (Å²) in [6, 6.07) is 5.99. The molecule has 0 spiro atoms. The SMILES string of the molecule is O=C1CCC(N2Cc3c(NC4(CCC5CC5)CCC(N5CCOCC5)CC4)cccc3C2=O)C(=O)N1. The van der Waals surface area contributed by atoms with Crippen molar-refractivity contribution in [2.45, 2.75) is 88.4 Å². The molecule has 1 atom stereocenters. The topological polar surface area (TPSA) is 91.0 Å². The molecule has 1 aromatic rings. The van der Waals surface area contributed by atoms with Gasteiger partial charge in [0.05, 0.1) is 13.2 Å². The van der Waals surface area contributed by atoms with Crippen LogP contribution < -0.4 is 10.6 Å². The summed E-state index contributed by atoms with van der Waals surface area (Å²) >= 11 is 0. The van der Waals surface area contributed by atoms with Crippen LogP contribution in [0.15, 0.2) is 18.2 Å². The summed E-state index contributed by atoms with van der Waals surface area (Å²) in [6.45, 7) is 4.18. The van der Waals surface area contributed by atoms with E-state index in [0.717, 1.165) is 56.3 Å². The third kappa shape index (κ3) is 4.77. The highest BCUT2D eigenvalue weighted by molar-refractivity contribution is 6.06. The van der Waals surface area contributed by atoms with Crippen molar-refractivity contribution in [1.29, 1.82) is 0 Å². The first-order valence-corrected chi connectivity index (χ1v) is 13.9. The van der Waals surface area contributed by atoms with Crippen LogP contribution in [-0.4, -0.2) is 71.4 Å². The molecule has 5 aliphatic rings. The molecule has 2 saturated carbocycles. The molecule has 3 heterocycles. The molecule has 1 unspecified atom stereocenters. The lowest BCUT2D eigenvalue weighted by molar-refractivity contribution is -0.136. The zero-order chi connectivity index (χ0) is 24.7. The fourth-order valence-corrected chi connectivity index (χ4v) is 6.78. The van der Waals surface area contributed by atoms with E-state index in [2.05, 4.69) is 21.6 Å². The minimum absolute atomic E-state index is 0.0472. The van der Waals surface area contributed by atoms with Gasteiger partial charge in [0.1, 0.15) is 6.04 Å². The molecule has 0 aromatic heterocycles. The highest BCUT2D eigenvalue weighted by atomic mass is 16.5. The number of fused-ring (bicyclic) bond motifs is 1. The van der Waals surface area contributed by atoms with Gasteiger partial charge in [0.2, 0.25) is 11.8 Å². The monoisotopic (exact) mass is 494 g/mol. The number of rotatable bonds is 7. The Morgan fingerprint density at radius 3 is 2.53 bits per heavy atom. The van der Waals surface area contributed by atoms with Crippen molar-refractivity contribution in [2.24, 2.45) is 5.92 Å². The summed E-state index contributed by atoms with van der Waals surface area (Å²) in [7, 11) is 0. The van der Waals surface area contributed by atoms with Gasteiger partial charge in [-0.25, -0.2) is 0 Å². The van der Waals surface area contributed by atoms with Crippen LogP contribution in [0.2, 0.25) is 0 Å². The number of carbonyl (C=O) groups is 3. The number of benzene rings is 1. The summed E-state index contributed by atoms with van der Waals surface area (Å²) in [5.74, 6) is 0.162. The van der Waals surface area contributed by atoms with Crippen molar-refractivity contribution in [3.63, 3.8) is 0 Å². The van der Waals surface area contributed by atoms with Gasteiger partial charge in [-0.1, -0.05) is 18.9 Å². The minimum Gasteiger partial charge on any atom is -0.379 e. The second-order valence-electron chi connectivity index (χ2n) is 11.5. The number of hydrogen-bond acceptors (Lipinski definition) is 6. The average Bonchev–Trinajstić information content (AvgIpc) is 3.67. The van der Waals surface area contributed by atoms with Crippen molar-refractivity contribution >= 4 is 23.4 Å². The predicted molar refractivity (Wildman–Crippen MR) is 135 cm³/mol. The number of amides is 3. The molecule has 2 aliphatic carbocycles. The summed E-state index contributed by atoms with van der Waals surface area (Å²) < 4.78 is 5.57. The third-order valence-electron chi connectivity index (χ3n) is 9.18. The van der Waals surface area contributed by atoms with Gasteiger partial charge in [0.25, 0.3) is 5.91 Å². The number of morpholine rings is 1. The minimum atomic E-state index is -0.580. The van der Waals surface area contributed by atoms with E-state index in [1.807, 2.05) is 12.1 Å². The molecular formula is C28H38N4O4. The van der Waals surface area contributed by atoms with E-state index in [-0.39, 0.29) is 29.7 Å². The van der Waals surface area contributed by atoms with E-state index in [1.165, 1.54) is 38.5 Å². The third-order valence-corrected chi connectivity index (χ3v) is 9.18. The first kappa shape index (κ1) is 23.9. The van der Waals surface area contributed by atoms with Crippen LogP contribution in [-0.2, 0) is 20.9 Å². The predicted octanol–water partition coefficient (Wildman–Crippen LogP) is 3.06. The maximum Gasteiger partial charge on any atom is 0.255 e. The molecule has 2 N–H and O–H groups in total. The number of nitrogens with one attached hydrogen (secondary N) is 2. The van der Waals surface area contributed by atoms with Crippen LogP contribution in [0.4, 0.5) is 5.69 Å². The molecule has 194 valence electrons. The Morgan fingerprint density at radius 2 is 1.81 bits per heavy atom. The molecule has 4 fully saturated rings. The summed E-state index contributed by atoms with van der Waals surface area (Å²) in [4.78, 5) is 41.7. The molecular weight excluding hydrogens is 456 g/mol. The Kier molecular flexibility index (Phi) is 6.50. The molecule has 0 radical (unpaired) electrons. The van der Waals surface area contributed by atoms with Crippen molar-refractivity contribution in [1.82, 2.24) is 15.1 Å². The zero-order valence-corrected chi connectivity index (χ0v) is 21.1. The van der Waals surface area contributed by atoms with Crippen molar-refractivity contribution < 1.29 is 19.1 Å². The quantitative estimate of drug-likeness (QED) is 0.566. The number of anilines is 1. The highest BCUT2D eigenvalue weighted by Crippen LogP contribution is 2.43. The Bertz CT molecular complexity index is 1020. The van der Waals surface area contributed by atoms with E-state index < -0.39 is 6.04 Å². The molecule has 36 heavy (non-hydrogen) atoms. The van der Waals surface area contributed by atoms with Gasteiger partial charge in [0.15, 0.2) is 0 Å². The van der Waals surface area contributed by atoms with E-state index in [1.54, 1.807) is 4.90 Å². The van der Waals surface area contributed by atoms with Crippen LogP contribution in [0, 0.1) is 5.92 Å². The lowest BCUT2D eigenvalue weighted by atomic mass is 9.75. The fraction of sp³-hybridized carbons (Fsp3) is 0.679. The van der Waals surface area contributed by atoms with Gasteiger partial charge in [0, 0.05) is 54.5 Å². The molecule has 6 rings (SSSR count). The van der Waals surface area contributed by atoms with E-state index in [4.69, 9.17) is 4.74 Å². The Morgan fingerprint density at radius 1 is 1.03 bits per heavy atom. The van der Waals surface area contributed by atoms with Crippen LogP contribution >= 0.6 is 0 Å². The van der Waals surface area contributed by atoms with Crippen LogP contribution in [0.3, 0.4) is 0 Å². The second kappa shape index (κ2) is 9.78. The van der Waals surface area contributed by atoms with Gasteiger partial charge < -0.3 is 15.0 Å². The lowest BCUT2D eigenvalue weighted by Crippen LogP contribution is -2.52. The number of carbonyl (C=O) groups excluding carboxylic acids is 3. The standard InChI is InChI=1S/C28H38N4O4/c33-25-7-6-24(26(34)29-25)32-18-22-21(27(32)35)2-1-3-23(22)30-28(11-8-19-4-5-19)12-9-20(10-13-28)31-14-16-36-17-15-31/h1-3,19-20,24,30H,4-18H2,(H,29,33,34). The zero-order valence-electron chi connectivity index (χ0n) is 21.1. The molecule has 1 aromatic carbocycles. The smallest absolute Gasteiger partial charge is 0.255 e. The van der Waals surface area contributed by atoms with E-state index in [9.17, 15) is 14.4 Å². The van der Waals surface area contributed by atoms with Crippen molar-refractivity contribution in [2.75, 3.05) is 31.6 Å². The number of piperidine rings is 1. The first-order valence-electron chi connectivity index (χ1n) is 13.9. The molecule has 8 nitrogen and oxygen atoms in total. The number of imide groups is 1. The maximum atomic E-state index is 13.3. The maximum absolute atomic E-state index is 13.3. The van der Waals surface area contributed by atoms with Crippen molar-refractivity contribution in [3.05, 3.63) is 29.3 Å². The average molecular weight is 495 g/mol. The summed E-state index contributed by atoms with van der Waals surface area (Å²) in [6.07, 6.45) is 10.5. The normalized spacial score (nSPS) is 31.3. The van der Waals surface area contributed by atoms with Crippen LogP contribution in [0.25, 0.3) is 0 Å². The Balaban J connectivity index is 1.20. The van der Waals surface area contributed by atoms with Gasteiger partial charge in [-0.2, -0.15) is 0 Å². The highest BCUT2D eigenvalue weighted by Gasteiger charge is 2.42. The Hall–Kier alpha value is -2.45. The number of hydrogen-bond donors (Lipinski definition) is 2. The van der Waals surface area contributed by atoms with Gasteiger partial charge in [-0.3, -0.25) is 24.6 Å². The van der Waals surface area contributed by atoms with Gasteiger partial charge >= 0.3 is 0 Å². The van der Waals surface area contributed by atoms with E-state index in [0.29, 0.717) is 24.6 Å². The van der Waals surface area contributed by atoms with E-state index >= 15 is 0 Å². The second-order valence-corrected chi connectivity index (χ2v) is 11.5. The lowest BCUT2D eigenvalue weighted by Gasteiger charge is -2.46. The number of ether oxygens (including phenoxy) is 1. The van der Waals surface area contributed by atoms with Crippen LogP contribution in [0.1, 0.15) is 80.1 Å². The van der Waals surface area contributed by atoms with Gasteiger partial charge in [-0.15, -0.1) is 0 Å². The molecule has 3 amide bonds. The number of nitrogens with zero attached hydrogens (tertiary/aromatic N) is 2. The first-order chi connectivity index (χ1) is 17.5. The largest absolute Gasteiger partial charge is 0.379 e. The van der Waals surface area contributed by atoms with Gasteiger partial charge in [-0.05, 0) is 63.0 Å². The molecule has 0 bridgehead atoms. The molecule has 2 saturated heterocycles. The molecule has 8 heteroatoms. The van der Waals surface area contributed by atoms with Crippen LogP contribution in [0.5, 0.6) is 0 Å². The summed E-state index contributed by atoms with van der Waals surface area (Å²) in [5.41, 5.74) is 2.76. The summed E-state index contributed by atoms with van der Waals surface area (Å²) in [5, 5.41) is 6.39.